The number of rotatable bonds is 4. The van der Waals surface area contributed by atoms with E-state index in [4.69, 9.17) is 0 Å². The number of halogens is 3. The molecule has 0 aromatic heterocycles. The molecule has 15 heavy (non-hydrogen) atoms. The van der Waals surface area contributed by atoms with E-state index < -0.39 is 17.5 Å². The van der Waals surface area contributed by atoms with Crippen molar-refractivity contribution in [2.75, 3.05) is 13.6 Å². The smallest absolute Gasteiger partial charge is 0.168 e. The molecule has 1 aromatic rings. The fourth-order valence-corrected chi connectivity index (χ4v) is 1.12. The second-order valence-corrected chi connectivity index (χ2v) is 3.05. The molecule has 0 saturated carbocycles. The lowest BCUT2D eigenvalue weighted by Gasteiger charge is -2.00. The summed E-state index contributed by atoms with van der Waals surface area (Å²) < 4.78 is 38.9. The number of benzene rings is 1. The highest BCUT2D eigenvalue weighted by Crippen LogP contribution is 2.17. The molecule has 0 spiro atoms. The maximum atomic E-state index is 13.1. The lowest BCUT2D eigenvalue weighted by Crippen LogP contribution is -2.05. The Morgan fingerprint density at radius 2 is 1.87 bits per heavy atom. The van der Waals surface area contributed by atoms with Crippen molar-refractivity contribution < 1.29 is 13.2 Å². The molecule has 0 radical (unpaired) electrons. The monoisotopic (exact) mass is 215 g/mol. The summed E-state index contributed by atoms with van der Waals surface area (Å²) in [5.74, 6) is -2.94. The van der Waals surface area contributed by atoms with Crippen LogP contribution in [-0.4, -0.2) is 13.6 Å². The van der Waals surface area contributed by atoms with Gasteiger partial charge in [0.15, 0.2) is 11.6 Å². The van der Waals surface area contributed by atoms with Crippen LogP contribution in [0.15, 0.2) is 18.2 Å². The molecule has 0 aliphatic carbocycles. The first-order chi connectivity index (χ1) is 7.16. The van der Waals surface area contributed by atoms with Crippen molar-refractivity contribution in [2.24, 2.45) is 0 Å². The molecular weight excluding hydrogens is 203 g/mol. The predicted octanol–water partition coefficient (Wildman–Crippen LogP) is 2.73. The molecule has 1 N–H and O–H groups in total. The summed E-state index contributed by atoms with van der Waals surface area (Å²) in [4.78, 5) is 0. The Balaban J connectivity index is 2.84. The van der Waals surface area contributed by atoms with Crippen molar-refractivity contribution in [3.63, 3.8) is 0 Å². The lowest BCUT2D eigenvalue weighted by atomic mass is 10.1. The second kappa shape index (κ2) is 5.56. The summed E-state index contributed by atoms with van der Waals surface area (Å²) in [7, 11) is 1.77. The maximum Gasteiger partial charge on any atom is 0.168 e. The summed E-state index contributed by atoms with van der Waals surface area (Å²) in [6.45, 7) is 0.703. The molecule has 1 aromatic carbocycles. The van der Waals surface area contributed by atoms with Gasteiger partial charge in [0.05, 0.1) is 0 Å². The van der Waals surface area contributed by atoms with Crippen LogP contribution in [-0.2, 0) is 0 Å². The Morgan fingerprint density at radius 1 is 1.20 bits per heavy atom. The largest absolute Gasteiger partial charge is 0.319 e. The summed E-state index contributed by atoms with van der Waals surface area (Å²) >= 11 is 0. The van der Waals surface area contributed by atoms with Gasteiger partial charge in [0.25, 0.3) is 0 Å². The van der Waals surface area contributed by atoms with Crippen molar-refractivity contribution in [3.8, 4) is 0 Å². The normalized spacial score (nSPS) is 11.2. The molecule has 0 fully saturated rings. The minimum absolute atomic E-state index is 0.328. The molecule has 1 nitrogen and oxygen atoms in total. The zero-order valence-corrected chi connectivity index (χ0v) is 8.36. The zero-order valence-electron chi connectivity index (χ0n) is 8.36. The van der Waals surface area contributed by atoms with Crippen LogP contribution in [0.5, 0.6) is 0 Å². The van der Waals surface area contributed by atoms with Crippen LogP contribution >= 0.6 is 0 Å². The third kappa shape index (κ3) is 3.09. The van der Waals surface area contributed by atoms with E-state index in [9.17, 15) is 13.2 Å². The van der Waals surface area contributed by atoms with Gasteiger partial charge >= 0.3 is 0 Å². The highest BCUT2D eigenvalue weighted by Gasteiger charge is 2.10. The third-order valence-corrected chi connectivity index (χ3v) is 1.92. The van der Waals surface area contributed by atoms with E-state index in [0.717, 1.165) is 12.1 Å². The second-order valence-electron chi connectivity index (χ2n) is 3.05. The van der Waals surface area contributed by atoms with Gasteiger partial charge < -0.3 is 5.32 Å². The Labute approximate surface area is 86.6 Å². The average Bonchev–Trinajstić information content (AvgIpc) is 2.23. The van der Waals surface area contributed by atoms with Gasteiger partial charge in [0.2, 0.25) is 0 Å². The quantitative estimate of drug-likeness (QED) is 0.601. The SMILES string of the molecule is CNCCC=Cc1c(F)ccc(F)c1F. The third-order valence-electron chi connectivity index (χ3n) is 1.92. The predicted molar refractivity (Wildman–Crippen MR) is 53.9 cm³/mol. The Hall–Kier alpha value is -1.29. The average molecular weight is 215 g/mol. The molecule has 0 unspecified atom stereocenters. The van der Waals surface area contributed by atoms with Crippen molar-refractivity contribution in [2.45, 2.75) is 6.42 Å². The number of hydrogen-bond acceptors (Lipinski definition) is 1. The van der Waals surface area contributed by atoms with Crippen LogP contribution in [0.4, 0.5) is 13.2 Å². The summed E-state index contributed by atoms with van der Waals surface area (Å²) in [6, 6.07) is 1.69. The fraction of sp³-hybridized carbons (Fsp3) is 0.273. The first-order valence-corrected chi connectivity index (χ1v) is 4.61. The standard InChI is InChI=1S/C11H12F3N/c1-15-7-3-2-4-8-9(12)5-6-10(13)11(8)14/h2,4-6,15H,3,7H2,1H3. The summed E-state index contributed by atoms with van der Waals surface area (Å²) in [6.07, 6.45) is 3.48. The molecule has 0 saturated heterocycles. The van der Waals surface area contributed by atoms with E-state index in [-0.39, 0.29) is 5.56 Å². The van der Waals surface area contributed by atoms with Gasteiger partial charge in [-0.25, -0.2) is 13.2 Å². The summed E-state index contributed by atoms with van der Waals surface area (Å²) in [5.41, 5.74) is -0.328. The summed E-state index contributed by atoms with van der Waals surface area (Å²) in [5, 5.41) is 2.88. The molecule has 0 bridgehead atoms. The molecule has 0 aliphatic heterocycles. The van der Waals surface area contributed by atoms with Crippen LogP contribution in [0, 0.1) is 17.5 Å². The van der Waals surface area contributed by atoms with Crippen LogP contribution in [0.25, 0.3) is 6.08 Å². The van der Waals surface area contributed by atoms with Crippen molar-refractivity contribution >= 4 is 6.08 Å². The van der Waals surface area contributed by atoms with Gasteiger partial charge in [0.1, 0.15) is 5.82 Å². The highest BCUT2D eigenvalue weighted by atomic mass is 19.2. The topological polar surface area (TPSA) is 12.0 Å². The maximum absolute atomic E-state index is 13.1. The minimum Gasteiger partial charge on any atom is -0.319 e. The van der Waals surface area contributed by atoms with Crippen LogP contribution in [0.3, 0.4) is 0 Å². The molecule has 0 heterocycles. The zero-order chi connectivity index (χ0) is 11.3. The van der Waals surface area contributed by atoms with E-state index in [1.54, 1.807) is 13.1 Å². The van der Waals surface area contributed by atoms with E-state index >= 15 is 0 Å². The molecular formula is C11H12F3N. The van der Waals surface area contributed by atoms with E-state index in [2.05, 4.69) is 5.32 Å². The van der Waals surface area contributed by atoms with Crippen LogP contribution < -0.4 is 5.32 Å². The van der Waals surface area contributed by atoms with Gasteiger partial charge in [-0.1, -0.05) is 12.2 Å². The first-order valence-electron chi connectivity index (χ1n) is 4.61. The van der Waals surface area contributed by atoms with Gasteiger partial charge in [0, 0.05) is 5.56 Å². The molecule has 82 valence electrons. The van der Waals surface area contributed by atoms with Gasteiger partial charge in [-0.15, -0.1) is 0 Å². The van der Waals surface area contributed by atoms with E-state index in [1.165, 1.54) is 6.08 Å². The van der Waals surface area contributed by atoms with Crippen LogP contribution in [0.2, 0.25) is 0 Å². The number of hydrogen-bond donors (Lipinski definition) is 1. The molecule has 4 heteroatoms. The van der Waals surface area contributed by atoms with E-state index in [1.807, 2.05) is 0 Å². The van der Waals surface area contributed by atoms with Crippen molar-refractivity contribution in [3.05, 3.63) is 41.2 Å². The van der Waals surface area contributed by atoms with E-state index in [0.29, 0.717) is 13.0 Å². The molecule has 1 rings (SSSR count). The minimum atomic E-state index is -1.14. The molecule has 0 atom stereocenters. The molecule has 0 amide bonds. The Bertz CT molecular complexity index is 361. The fourth-order valence-electron chi connectivity index (χ4n) is 1.12. The van der Waals surface area contributed by atoms with Gasteiger partial charge in [-0.3, -0.25) is 0 Å². The van der Waals surface area contributed by atoms with Crippen molar-refractivity contribution in [1.82, 2.24) is 5.32 Å². The highest BCUT2D eigenvalue weighted by molar-refractivity contribution is 5.50. The van der Waals surface area contributed by atoms with Gasteiger partial charge in [-0.05, 0) is 32.1 Å². The first kappa shape index (κ1) is 11.8. The van der Waals surface area contributed by atoms with Gasteiger partial charge in [-0.2, -0.15) is 0 Å². The molecule has 0 aliphatic rings. The Kier molecular flexibility index (Phi) is 4.37. The number of nitrogens with one attached hydrogen (secondary N) is 1. The lowest BCUT2D eigenvalue weighted by molar-refractivity contribution is 0.492. The Morgan fingerprint density at radius 3 is 2.53 bits per heavy atom. The van der Waals surface area contributed by atoms with Crippen molar-refractivity contribution in [1.29, 1.82) is 0 Å². The van der Waals surface area contributed by atoms with Crippen LogP contribution in [0.1, 0.15) is 12.0 Å².